The van der Waals surface area contributed by atoms with Crippen molar-refractivity contribution < 1.29 is 9.90 Å². The molecule has 0 spiro atoms. The maximum absolute atomic E-state index is 10.8. The van der Waals surface area contributed by atoms with Crippen molar-refractivity contribution in [3.05, 3.63) is 35.0 Å². The van der Waals surface area contributed by atoms with Crippen molar-refractivity contribution in [2.45, 2.75) is 0 Å². The van der Waals surface area contributed by atoms with E-state index in [1.165, 1.54) is 6.07 Å². The first-order chi connectivity index (χ1) is 7.09. The molecule has 0 aliphatic heterocycles. The fourth-order valence-electron chi connectivity index (χ4n) is 1.35. The Labute approximate surface area is 90.3 Å². The Balaban J connectivity index is 2.82. The highest BCUT2D eigenvalue weighted by Gasteiger charge is 2.12. The maximum atomic E-state index is 10.8. The molecule has 0 atom stereocenters. The zero-order chi connectivity index (χ0) is 11.0. The molecule has 0 bridgehead atoms. The number of carbonyl (C=O) groups is 1. The lowest BCUT2D eigenvalue weighted by Gasteiger charge is -2.04. The van der Waals surface area contributed by atoms with E-state index in [1.54, 1.807) is 18.2 Å². The van der Waals surface area contributed by atoms with Gasteiger partial charge in [-0.3, -0.25) is 0 Å². The summed E-state index contributed by atoms with van der Waals surface area (Å²) in [5.74, 6) is -1.14. The molecule has 0 aliphatic rings. The summed E-state index contributed by atoms with van der Waals surface area (Å²) in [7, 11) is 0. The SMILES string of the molecule is Nc1cc2c(Cl)cccc2nc1C(=O)O. The van der Waals surface area contributed by atoms with Gasteiger partial charge in [-0.25, -0.2) is 9.78 Å². The lowest BCUT2D eigenvalue weighted by Crippen LogP contribution is -2.05. The highest BCUT2D eigenvalue weighted by atomic mass is 35.5. The Kier molecular flexibility index (Phi) is 2.21. The zero-order valence-electron chi connectivity index (χ0n) is 7.57. The first-order valence-electron chi connectivity index (χ1n) is 4.17. The number of pyridine rings is 1. The minimum absolute atomic E-state index is 0.114. The molecule has 1 aromatic carbocycles. The molecule has 0 fully saturated rings. The van der Waals surface area contributed by atoms with Gasteiger partial charge in [0.1, 0.15) is 0 Å². The third-order valence-electron chi connectivity index (χ3n) is 2.04. The predicted octanol–water partition coefficient (Wildman–Crippen LogP) is 2.17. The minimum Gasteiger partial charge on any atom is -0.476 e. The second-order valence-corrected chi connectivity index (χ2v) is 3.45. The van der Waals surface area contributed by atoms with Crippen LogP contribution in [0.2, 0.25) is 5.02 Å². The molecule has 0 amide bonds. The molecule has 2 rings (SSSR count). The number of hydrogen-bond donors (Lipinski definition) is 2. The summed E-state index contributed by atoms with van der Waals surface area (Å²) in [4.78, 5) is 14.7. The molecule has 5 heteroatoms. The van der Waals surface area contributed by atoms with Crippen LogP contribution in [0, 0.1) is 0 Å². The van der Waals surface area contributed by atoms with Gasteiger partial charge in [-0.15, -0.1) is 0 Å². The average Bonchev–Trinajstić information content (AvgIpc) is 2.18. The lowest BCUT2D eigenvalue weighted by molar-refractivity contribution is 0.0692. The number of anilines is 1. The van der Waals surface area contributed by atoms with Crippen molar-refractivity contribution in [3.8, 4) is 0 Å². The maximum Gasteiger partial charge on any atom is 0.356 e. The van der Waals surface area contributed by atoms with E-state index in [9.17, 15) is 4.79 Å². The molecular formula is C10H7ClN2O2. The van der Waals surface area contributed by atoms with Crippen LogP contribution >= 0.6 is 11.6 Å². The number of nitrogens with two attached hydrogens (primary N) is 1. The van der Waals surface area contributed by atoms with Gasteiger partial charge in [-0.05, 0) is 18.2 Å². The first-order valence-corrected chi connectivity index (χ1v) is 4.55. The van der Waals surface area contributed by atoms with Crippen LogP contribution in [0.4, 0.5) is 5.69 Å². The van der Waals surface area contributed by atoms with E-state index in [1.807, 2.05) is 0 Å². The molecule has 0 radical (unpaired) electrons. The molecule has 15 heavy (non-hydrogen) atoms. The Hall–Kier alpha value is -1.81. The summed E-state index contributed by atoms with van der Waals surface area (Å²) >= 11 is 5.92. The van der Waals surface area contributed by atoms with E-state index in [-0.39, 0.29) is 11.4 Å². The van der Waals surface area contributed by atoms with Crippen molar-refractivity contribution in [2.75, 3.05) is 5.73 Å². The molecule has 4 nitrogen and oxygen atoms in total. The Morgan fingerprint density at radius 2 is 2.20 bits per heavy atom. The van der Waals surface area contributed by atoms with Crippen LogP contribution in [0.25, 0.3) is 10.9 Å². The van der Waals surface area contributed by atoms with Gasteiger partial charge in [0, 0.05) is 5.39 Å². The zero-order valence-corrected chi connectivity index (χ0v) is 8.32. The number of rotatable bonds is 1. The van der Waals surface area contributed by atoms with E-state index < -0.39 is 5.97 Å². The van der Waals surface area contributed by atoms with Crippen molar-refractivity contribution in [1.82, 2.24) is 4.98 Å². The van der Waals surface area contributed by atoms with Crippen molar-refractivity contribution in [3.63, 3.8) is 0 Å². The Morgan fingerprint density at radius 3 is 2.87 bits per heavy atom. The van der Waals surface area contributed by atoms with E-state index in [0.717, 1.165) is 0 Å². The summed E-state index contributed by atoms with van der Waals surface area (Å²) in [6.45, 7) is 0. The largest absolute Gasteiger partial charge is 0.476 e. The van der Waals surface area contributed by atoms with Crippen LogP contribution in [0.15, 0.2) is 24.3 Å². The number of nitrogens with zero attached hydrogens (tertiary/aromatic N) is 1. The summed E-state index contributed by atoms with van der Waals surface area (Å²) in [5, 5.41) is 9.98. The van der Waals surface area contributed by atoms with Crippen LogP contribution in [-0.4, -0.2) is 16.1 Å². The van der Waals surface area contributed by atoms with Gasteiger partial charge in [0.15, 0.2) is 5.69 Å². The predicted molar refractivity (Wildman–Crippen MR) is 58.1 cm³/mol. The standard InChI is InChI=1S/C10H7ClN2O2/c11-6-2-1-3-8-5(6)4-7(12)9(13-8)10(14)15/h1-4H,12H2,(H,14,15). The molecular weight excluding hydrogens is 216 g/mol. The number of nitrogen functional groups attached to an aromatic ring is 1. The normalized spacial score (nSPS) is 10.5. The number of carboxylic acids is 1. The number of benzene rings is 1. The highest BCUT2D eigenvalue weighted by Crippen LogP contribution is 2.25. The van der Waals surface area contributed by atoms with E-state index in [0.29, 0.717) is 15.9 Å². The number of aromatic nitrogens is 1. The molecule has 0 saturated carbocycles. The van der Waals surface area contributed by atoms with Crippen LogP contribution in [-0.2, 0) is 0 Å². The Morgan fingerprint density at radius 1 is 1.47 bits per heavy atom. The Bertz CT molecular complexity index is 554. The van der Waals surface area contributed by atoms with Gasteiger partial charge in [0.05, 0.1) is 16.2 Å². The summed E-state index contributed by atoms with van der Waals surface area (Å²) < 4.78 is 0. The van der Waals surface area contributed by atoms with E-state index >= 15 is 0 Å². The second kappa shape index (κ2) is 3.40. The number of aromatic carboxylic acids is 1. The summed E-state index contributed by atoms with van der Waals surface area (Å²) in [5.41, 5.74) is 6.04. The van der Waals surface area contributed by atoms with Crippen molar-refractivity contribution in [2.24, 2.45) is 0 Å². The molecule has 76 valence electrons. The van der Waals surface area contributed by atoms with Crippen molar-refractivity contribution >= 4 is 34.2 Å². The van der Waals surface area contributed by atoms with Gasteiger partial charge < -0.3 is 10.8 Å². The molecule has 1 aromatic heterocycles. The number of fused-ring (bicyclic) bond motifs is 1. The average molecular weight is 223 g/mol. The molecule has 0 aliphatic carbocycles. The fourth-order valence-corrected chi connectivity index (χ4v) is 1.57. The smallest absolute Gasteiger partial charge is 0.356 e. The van der Waals surface area contributed by atoms with Gasteiger partial charge in [-0.1, -0.05) is 17.7 Å². The first kappa shape index (κ1) is 9.73. The monoisotopic (exact) mass is 222 g/mol. The van der Waals surface area contributed by atoms with Crippen LogP contribution in [0.5, 0.6) is 0 Å². The van der Waals surface area contributed by atoms with Gasteiger partial charge in [-0.2, -0.15) is 0 Å². The van der Waals surface area contributed by atoms with Crippen LogP contribution in [0.1, 0.15) is 10.5 Å². The van der Waals surface area contributed by atoms with Gasteiger partial charge >= 0.3 is 5.97 Å². The molecule has 2 aromatic rings. The second-order valence-electron chi connectivity index (χ2n) is 3.04. The highest BCUT2D eigenvalue weighted by molar-refractivity contribution is 6.35. The van der Waals surface area contributed by atoms with E-state index in [4.69, 9.17) is 22.4 Å². The number of halogens is 1. The van der Waals surface area contributed by atoms with Gasteiger partial charge in [0.2, 0.25) is 0 Å². The topological polar surface area (TPSA) is 76.2 Å². The third-order valence-corrected chi connectivity index (χ3v) is 2.37. The summed E-state index contributed by atoms with van der Waals surface area (Å²) in [6.07, 6.45) is 0. The number of hydrogen-bond acceptors (Lipinski definition) is 3. The number of carboxylic acid groups (broad SMARTS) is 1. The minimum atomic E-state index is -1.14. The lowest BCUT2D eigenvalue weighted by atomic mass is 10.2. The molecule has 3 N–H and O–H groups in total. The fraction of sp³-hybridized carbons (Fsp3) is 0. The van der Waals surface area contributed by atoms with Gasteiger partial charge in [0.25, 0.3) is 0 Å². The van der Waals surface area contributed by atoms with Crippen LogP contribution < -0.4 is 5.73 Å². The molecule has 0 saturated heterocycles. The van der Waals surface area contributed by atoms with Crippen molar-refractivity contribution in [1.29, 1.82) is 0 Å². The molecule has 1 heterocycles. The van der Waals surface area contributed by atoms with Crippen LogP contribution in [0.3, 0.4) is 0 Å². The van der Waals surface area contributed by atoms with E-state index in [2.05, 4.69) is 4.98 Å². The quantitative estimate of drug-likeness (QED) is 0.775. The third kappa shape index (κ3) is 1.59. The molecule has 0 unspecified atom stereocenters. The summed E-state index contributed by atoms with van der Waals surface area (Å²) in [6, 6.07) is 6.62.